The van der Waals surface area contributed by atoms with Gasteiger partial charge in [0.25, 0.3) is 5.91 Å². The van der Waals surface area contributed by atoms with Crippen molar-refractivity contribution in [1.29, 1.82) is 0 Å². The first kappa shape index (κ1) is 14.8. The third kappa shape index (κ3) is 4.89. The molecule has 0 saturated heterocycles. The van der Waals surface area contributed by atoms with Crippen LogP contribution in [0.5, 0.6) is 0 Å². The molecule has 0 atom stereocenters. The molecule has 2 aromatic rings. The van der Waals surface area contributed by atoms with Gasteiger partial charge >= 0.3 is 0 Å². The number of nitrogens with zero attached hydrogens (tertiary/aromatic N) is 1. The highest BCUT2D eigenvalue weighted by molar-refractivity contribution is 7.81. The Balaban J connectivity index is 0.000000550. The lowest BCUT2D eigenvalue weighted by Crippen LogP contribution is -2.12. The van der Waals surface area contributed by atoms with E-state index in [-0.39, 0.29) is 5.91 Å². The van der Waals surface area contributed by atoms with E-state index in [0.717, 1.165) is 5.69 Å². The Hall–Kier alpha value is -2.21. The van der Waals surface area contributed by atoms with Gasteiger partial charge in [0.1, 0.15) is 5.69 Å². The number of para-hydroxylation sites is 1. The molecule has 0 saturated carbocycles. The minimum atomic E-state index is -0.242. The van der Waals surface area contributed by atoms with E-state index >= 15 is 0 Å². The van der Waals surface area contributed by atoms with Gasteiger partial charge in [0.2, 0.25) is 5.95 Å². The van der Waals surface area contributed by atoms with Crippen molar-refractivity contribution in [3.05, 3.63) is 54.9 Å². The van der Waals surface area contributed by atoms with Gasteiger partial charge < -0.3 is 15.0 Å². The second-order valence-electron chi connectivity index (χ2n) is 3.49. The van der Waals surface area contributed by atoms with Crippen LogP contribution < -0.4 is 10.0 Å². The average Bonchev–Trinajstić information content (AvgIpc) is 2.90. The zero-order valence-electron chi connectivity index (χ0n) is 10.6. The van der Waals surface area contributed by atoms with E-state index in [9.17, 15) is 4.79 Å². The van der Waals surface area contributed by atoms with E-state index in [0.29, 0.717) is 11.6 Å². The molecule has 0 bridgehead atoms. The van der Waals surface area contributed by atoms with Crippen molar-refractivity contribution in [1.82, 2.24) is 9.97 Å². The Kier molecular flexibility index (Phi) is 6.25. The summed E-state index contributed by atoms with van der Waals surface area (Å²) >= 11 is 3.82. The van der Waals surface area contributed by atoms with E-state index in [1.165, 1.54) is 6.20 Å². The molecule has 0 aliphatic rings. The molecule has 6 heteroatoms. The molecule has 5 nitrogen and oxygen atoms in total. The Morgan fingerprint density at radius 1 is 1.42 bits per heavy atom. The third-order valence-corrected chi connectivity index (χ3v) is 2.17. The van der Waals surface area contributed by atoms with E-state index in [1.54, 1.807) is 6.08 Å². The molecule has 0 fully saturated rings. The highest BCUT2D eigenvalue weighted by atomic mass is 32.1. The molecule has 0 aliphatic carbocycles. The average molecular weight is 276 g/mol. The van der Waals surface area contributed by atoms with Crippen LogP contribution in [-0.4, -0.2) is 15.9 Å². The highest BCUT2D eigenvalue weighted by Crippen LogP contribution is 2.08. The second kappa shape index (κ2) is 7.99. The summed E-state index contributed by atoms with van der Waals surface area (Å²) in [5.41, 5.74) is 1.11. The minimum Gasteiger partial charge on any atom is -0.321 e. The van der Waals surface area contributed by atoms with Crippen molar-refractivity contribution >= 4 is 30.4 Å². The van der Waals surface area contributed by atoms with Gasteiger partial charge in [0.05, 0.1) is 6.20 Å². The number of anilines is 2. The molecule has 0 spiro atoms. The second-order valence-corrected chi connectivity index (χ2v) is 3.71. The maximum Gasteiger partial charge on any atom is 0.273 e. The molecular formula is C13H16N4OS. The minimum absolute atomic E-state index is 0.242. The third-order valence-electron chi connectivity index (χ3n) is 1.96. The summed E-state index contributed by atoms with van der Waals surface area (Å²) in [4.78, 5) is 18.4. The molecule has 0 unspecified atom stereocenters. The van der Waals surface area contributed by atoms with E-state index in [1.807, 2.05) is 37.3 Å². The molecule has 0 aliphatic heterocycles. The van der Waals surface area contributed by atoms with Gasteiger partial charge in [-0.1, -0.05) is 37.1 Å². The van der Waals surface area contributed by atoms with Gasteiger partial charge in [-0.25, -0.2) is 4.98 Å². The van der Waals surface area contributed by atoms with E-state index in [2.05, 4.69) is 39.4 Å². The van der Waals surface area contributed by atoms with Crippen LogP contribution in [-0.2, 0) is 0 Å². The molecule has 1 heterocycles. The van der Waals surface area contributed by atoms with Crippen molar-refractivity contribution in [2.45, 2.75) is 6.92 Å². The Labute approximate surface area is 117 Å². The number of aromatic amines is 1. The SMILES string of the molecule is C=CC.O=C(Nc1ccccc1)c1cnc(NS)[nH]1. The van der Waals surface area contributed by atoms with Crippen molar-refractivity contribution in [2.75, 3.05) is 10.0 Å². The number of carbonyl (C=O) groups excluding carboxylic acids is 1. The number of aromatic nitrogens is 2. The van der Waals surface area contributed by atoms with Gasteiger partial charge in [0.15, 0.2) is 0 Å². The quantitative estimate of drug-likeness (QED) is 0.514. The van der Waals surface area contributed by atoms with Crippen LogP contribution in [0.25, 0.3) is 0 Å². The van der Waals surface area contributed by atoms with E-state index < -0.39 is 0 Å². The molecule has 1 aromatic heterocycles. The van der Waals surface area contributed by atoms with Crippen LogP contribution in [0.4, 0.5) is 11.6 Å². The number of H-pyrrole nitrogens is 1. The van der Waals surface area contributed by atoms with Crippen molar-refractivity contribution in [3.8, 4) is 0 Å². The zero-order chi connectivity index (χ0) is 14.1. The number of hydrogen-bond acceptors (Lipinski definition) is 4. The van der Waals surface area contributed by atoms with Gasteiger partial charge in [0, 0.05) is 5.69 Å². The van der Waals surface area contributed by atoms with Gasteiger partial charge in [-0.15, -0.1) is 6.58 Å². The summed E-state index contributed by atoms with van der Waals surface area (Å²) in [6.07, 6.45) is 3.19. The molecule has 1 amide bonds. The largest absolute Gasteiger partial charge is 0.321 e. The van der Waals surface area contributed by atoms with Crippen LogP contribution in [0.1, 0.15) is 17.4 Å². The summed E-state index contributed by atoms with van der Waals surface area (Å²) in [5.74, 6) is 0.190. The molecular weight excluding hydrogens is 260 g/mol. The number of imidazole rings is 1. The maximum atomic E-state index is 11.7. The number of rotatable bonds is 3. The van der Waals surface area contributed by atoms with E-state index in [4.69, 9.17) is 0 Å². The standard InChI is InChI=1S/C10H10N4OS.C3H6/c15-9(8-6-11-10(13-8)14-16)12-7-4-2-1-3-5-7;1-3-2/h1-6,16H,(H,12,15)(H2,11,13,14);3H,1H2,2H3. The van der Waals surface area contributed by atoms with Crippen molar-refractivity contribution in [2.24, 2.45) is 0 Å². The van der Waals surface area contributed by atoms with Crippen molar-refractivity contribution in [3.63, 3.8) is 0 Å². The number of carbonyl (C=O) groups is 1. The first-order valence-electron chi connectivity index (χ1n) is 5.59. The molecule has 100 valence electrons. The lowest BCUT2D eigenvalue weighted by atomic mass is 10.3. The van der Waals surface area contributed by atoms with Gasteiger partial charge in [-0.05, 0) is 19.1 Å². The van der Waals surface area contributed by atoms with Crippen LogP contribution in [0, 0.1) is 0 Å². The molecule has 2 rings (SSSR count). The van der Waals surface area contributed by atoms with Crippen molar-refractivity contribution < 1.29 is 4.79 Å². The lowest BCUT2D eigenvalue weighted by Gasteiger charge is -2.02. The number of benzene rings is 1. The normalized spacial score (nSPS) is 8.95. The monoisotopic (exact) mass is 276 g/mol. The summed E-state index contributed by atoms with van der Waals surface area (Å²) in [5, 5.41) is 2.73. The Bertz CT molecular complexity index is 524. The Morgan fingerprint density at radius 2 is 2.05 bits per heavy atom. The number of thiol groups is 1. The number of allylic oxidation sites excluding steroid dienone is 1. The van der Waals surface area contributed by atoms with Crippen LogP contribution in [0.2, 0.25) is 0 Å². The predicted molar refractivity (Wildman–Crippen MR) is 81.5 cm³/mol. The summed E-state index contributed by atoms with van der Waals surface area (Å²) < 4.78 is 2.51. The van der Waals surface area contributed by atoms with Gasteiger partial charge in [-0.2, -0.15) is 0 Å². The summed E-state index contributed by atoms with van der Waals surface area (Å²) in [7, 11) is 0. The smallest absolute Gasteiger partial charge is 0.273 e. The first-order valence-corrected chi connectivity index (χ1v) is 6.04. The highest BCUT2D eigenvalue weighted by Gasteiger charge is 2.08. The van der Waals surface area contributed by atoms with Gasteiger partial charge in [-0.3, -0.25) is 4.79 Å². The number of amides is 1. The summed E-state index contributed by atoms with van der Waals surface area (Å²) in [6, 6.07) is 9.21. The zero-order valence-corrected chi connectivity index (χ0v) is 11.4. The topological polar surface area (TPSA) is 69.8 Å². The number of nitrogens with one attached hydrogen (secondary N) is 3. The van der Waals surface area contributed by atoms with Crippen LogP contribution in [0.15, 0.2) is 49.2 Å². The molecule has 1 aromatic carbocycles. The fourth-order valence-corrected chi connectivity index (χ4v) is 1.33. The molecule has 19 heavy (non-hydrogen) atoms. The number of hydrogen-bond donors (Lipinski definition) is 4. The summed E-state index contributed by atoms with van der Waals surface area (Å²) in [6.45, 7) is 5.25. The predicted octanol–water partition coefficient (Wildman–Crippen LogP) is 3.11. The molecule has 0 radical (unpaired) electrons. The molecule has 3 N–H and O–H groups in total. The fraction of sp³-hybridized carbons (Fsp3) is 0.0769. The first-order chi connectivity index (χ1) is 9.21. The maximum absolute atomic E-state index is 11.7. The van der Waals surface area contributed by atoms with Crippen LogP contribution in [0.3, 0.4) is 0 Å². The van der Waals surface area contributed by atoms with Crippen LogP contribution >= 0.6 is 12.8 Å². The Morgan fingerprint density at radius 3 is 2.58 bits per heavy atom. The lowest BCUT2D eigenvalue weighted by molar-refractivity contribution is 0.102. The fourth-order valence-electron chi connectivity index (χ4n) is 1.21.